The van der Waals surface area contributed by atoms with E-state index in [0.717, 1.165) is 31.5 Å². The molecule has 2 aliphatic rings. The molecule has 2 saturated heterocycles. The van der Waals surface area contributed by atoms with Crippen molar-refractivity contribution in [2.45, 2.75) is 45.1 Å². The molecule has 2 heterocycles. The summed E-state index contributed by atoms with van der Waals surface area (Å²) in [6.45, 7) is 6.03. The lowest BCUT2D eigenvalue weighted by Crippen LogP contribution is -2.53. The van der Waals surface area contributed by atoms with Crippen molar-refractivity contribution in [3.8, 4) is 0 Å². The van der Waals surface area contributed by atoms with E-state index in [1.807, 2.05) is 6.08 Å². The van der Waals surface area contributed by atoms with Crippen LogP contribution in [0.25, 0.3) is 0 Å². The van der Waals surface area contributed by atoms with Crippen LogP contribution in [0, 0.1) is 0 Å². The Hall–Kier alpha value is -1.62. The Morgan fingerprint density at radius 2 is 1.95 bits per heavy atom. The van der Waals surface area contributed by atoms with Gasteiger partial charge in [0.25, 0.3) is 5.91 Å². The highest BCUT2D eigenvalue weighted by molar-refractivity contribution is 6.07. The standard InChI is InChI=1S/C16H25N3O2/c1-3-5-7-13(6-4-2)12-19-14(20)16(18-15(19)21)8-10-17-11-9-16/h5-7,17H,3-4,8-12H2,1-2H3,(H,18,21)/b7-5-,13-6+. The lowest BCUT2D eigenvalue weighted by molar-refractivity contribution is -0.131. The number of piperidine rings is 1. The topological polar surface area (TPSA) is 61.4 Å². The van der Waals surface area contributed by atoms with Crippen LogP contribution in [0.4, 0.5) is 4.79 Å². The minimum absolute atomic E-state index is 0.0686. The average molecular weight is 291 g/mol. The molecule has 5 nitrogen and oxygen atoms in total. The van der Waals surface area contributed by atoms with E-state index in [-0.39, 0.29) is 11.9 Å². The number of hydrogen-bond acceptors (Lipinski definition) is 3. The van der Waals surface area contributed by atoms with Crippen LogP contribution in [0.15, 0.2) is 23.8 Å². The van der Waals surface area contributed by atoms with Crippen LogP contribution < -0.4 is 10.6 Å². The van der Waals surface area contributed by atoms with Gasteiger partial charge in [0.2, 0.25) is 0 Å². The smallest absolute Gasteiger partial charge is 0.323 e. The summed E-state index contributed by atoms with van der Waals surface area (Å²) in [5.74, 6) is -0.0686. The summed E-state index contributed by atoms with van der Waals surface area (Å²) >= 11 is 0. The lowest BCUT2D eigenvalue weighted by Gasteiger charge is -2.31. The number of allylic oxidation sites excluding steroid dienone is 2. The summed E-state index contributed by atoms with van der Waals surface area (Å²) in [6.07, 6.45) is 9.31. The molecule has 2 fully saturated rings. The molecule has 1 spiro atoms. The molecule has 0 unspecified atom stereocenters. The summed E-state index contributed by atoms with van der Waals surface area (Å²) in [5, 5.41) is 6.15. The number of imide groups is 1. The number of amides is 3. The highest BCUT2D eigenvalue weighted by Gasteiger charge is 2.51. The first kappa shape index (κ1) is 15.8. The lowest BCUT2D eigenvalue weighted by atomic mass is 9.88. The zero-order chi connectivity index (χ0) is 15.3. The van der Waals surface area contributed by atoms with E-state index in [2.05, 4.69) is 36.6 Å². The van der Waals surface area contributed by atoms with Crippen molar-refractivity contribution in [3.05, 3.63) is 23.8 Å². The molecule has 0 saturated carbocycles. The van der Waals surface area contributed by atoms with Gasteiger partial charge in [-0.3, -0.25) is 9.69 Å². The number of hydrogen-bond donors (Lipinski definition) is 2. The molecule has 21 heavy (non-hydrogen) atoms. The minimum atomic E-state index is -0.672. The van der Waals surface area contributed by atoms with Crippen LogP contribution in [0.1, 0.15) is 39.5 Å². The molecule has 0 atom stereocenters. The molecule has 3 amide bonds. The second-order valence-electron chi connectivity index (χ2n) is 5.65. The van der Waals surface area contributed by atoms with E-state index >= 15 is 0 Å². The Morgan fingerprint density at radius 1 is 1.24 bits per heavy atom. The number of nitrogens with zero attached hydrogens (tertiary/aromatic N) is 1. The van der Waals surface area contributed by atoms with Crippen molar-refractivity contribution in [2.24, 2.45) is 0 Å². The van der Waals surface area contributed by atoms with Crippen LogP contribution in [0.5, 0.6) is 0 Å². The number of carbonyl (C=O) groups excluding carboxylic acids is 2. The van der Waals surface area contributed by atoms with Crippen LogP contribution in [0.2, 0.25) is 0 Å². The third kappa shape index (κ3) is 3.35. The third-order valence-corrected chi connectivity index (χ3v) is 4.08. The molecule has 2 N–H and O–H groups in total. The van der Waals surface area contributed by atoms with Gasteiger partial charge in [-0.15, -0.1) is 0 Å². The largest absolute Gasteiger partial charge is 0.325 e. The Balaban J connectivity index is 2.12. The van der Waals surface area contributed by atoms with Crippen LogP contribution >= 0.6 is 0 Å². The molecule has 2 aliphatic heterocycles. The van der Waals surface area contributed by atoms with Gasteiger partial charge in [-0.05, 0) is 44.3 Å². The maximum absolute atomic E-state index is 12.7. The molecule has 0 aromatic rings. The number of nitrogens with one attached hydrogen (secondary N) is 2. The van der Waals surface area contributed by atoms with Gasteiger partial charge in [0, 0.05) is 0 Å². The van der Waals surface area contributed by atoms with Gasteiger partial charge in [-0.1, -0.05) is 32.1 Å². The molecule has 0 aromatic heterocycles. The van der Waals surface area contributed by atoms with E-state index in [1.165, 1.54) is 4.90 Å². The Bertz CT molecular complexity index is 462. The molecule has 2 rings (SSSR count). The van der Waals surface area contributed by atoms with Crippen molar-refractivity contribution in [2.75, 3.05) is 19.6 Å². The maximum Gasteiger partial charge on any atom is 0.325 e. The Kier molecular flexibility index (Phi) is 5.17. The van der Waals surface area contributed by atoms with E-state index in [4.69, 9.17) is 0 Å². The molecule has 116 valence electrons. The summed E-state index contributed by atoms with van der Waals surface area (Å²) < 4.78 is 0. The minimum Gasteiger partial charge on any atom is -0.323 e. The molecule has 0 bridgehead atoms. The Labute approximate surface area is 126 Å². The molecular formula is C16H25N3O2. The van der Waals surface area contributed by atoms with Gasteiger partial charge >= 0.3 is 6.03 Å². The van der Waals surface area contributed by atoms with E-state index in [1.54, 1.807) is 0 Å². The predicted molar refractivity (Wildman–Crippen MR) is 82.9 cm³/mol. The third-order valence-electron chi connectivity index (χ3n) is 4.08. The molecule has 0 radical (unpaired) electrons. The van der Waals surface area contributed by atoms with E-state index in [0.29, 0.717) is 19.4 Å². The monoisotopic (exact) mass is 291 g/mol. The number of rotatable bonds is 5. The first-order valence-corrected chi connectivity index (χ1v) is 7.83. The SMILES string of the molecule is CC/C=C\C(=C/CC)CN1C(=O)NC2(CCNCC2)C1=O. The first-order chi connectivity index (χ1) is 10.1. The van der Waals surface area contributed by atoms with Gasteiger partial charge in [0.1, 0.15) is 5.54 Å². The van der Waals surface area contributed by atoms with E-state index in [9.17, 15) is 9.59 Å². The van der Waals surface area contributed by atoms with Crippen LogP contribution in [0.3, 0.4) is 0 Å². The normalized spacial score (nSPS) is 22.4. The van der Waals surface area contributed by atoms with E-state index < -0.39 is 5.54 Å². The maximum atomic E-state index is 12.7. The quantitative estimate of drug-likeness (QED) is 0.601. The average Bonchev–Trinajstić information content (AvgIpc) is 2.70. The summed E-state index contributed by atoms with van der Waals surface area (Å²) in [5.41, 5.74) is 0.350. The molecule has 0 aliphatic carbocycles. The fourth-order valence-corrected chi connectivity index (χ4v) is 2.91. The number of carbonyl (C=O) groups is 2. The second-order valence-corrected chi connectivity index (χ2v) is 5.65. The van der Waals surface area contributed by atoms with Gasteiger partial charge in [0.15, 0.2) is 0 Å². The summed E-state index contributed by atoms with van der Waals surface area (Å²) in [4.78, 5) is 26.2. The van der Waals surface area contributed by atoms with Crippen molar-refractivity contribution in [3.63, 3.8) is 0 Å². The molecular weight excluding hydrogens is 266 g/mol. The predicted octanol–water partition coefficient (Wildman–Crippen LogP) is 1.96. The Morgan fingerprint density at radius 3 is 2.57 bits per heavy atom. The van der Waals surface area contributed by atoms with Gasteiger partial charge in [0.05, 0.1) is 6.54 Å². The fraction of sp³-hybridized carbons (Fsp3) is 0.625. The fourth-order valence-electron chi connectivity index (χ4n) is 2.91. The second kappa shape index (κ2) is 6.89. The highest BCUT2D eigenvalue weighted by Crippen LogP contribution is 2.27. The highest BCUT2D eigenvalue weighted by atomic mass is 16.2. The molecule has 5 heteroatoms. The molecule has 0 aromatic carbocycles. The van der Waals surface area contributed by atoms with Gasteiger partial charge in [-0.25, -0.2) is 4.79 Å². The summed E-state index contributed by atoms with van der Waals surface area (Å²) in [6, 6.07) is -0.256. The van der Waals surface area contributed by atoms with Crippen LogP contribution in [-0.2, 0) is 4.79 Å². The van der Waals surface area contributed by atoms with Crippen molar-refractivity contribution in [1.29, 1.82) is 0 Å². The van der Waals surface area contributed by atoms with Crippen molar-refractivity contribution >= 4 is 11.9 Å². The van der Waals surface area contributed by atoms with Gasteiger partial charge < -0.3 is 10.6 Å². The zero-order valence-electron chi connectivity index (χ0n) is 12.9. The zero-order valence-corrected chi connectivity index (χ0v) is 12.9. The van der Waals surface area contributed by atoms with Crippen molar-refractivity contribution in [1.82, 2.24) is 15.5 Å². The van der Waals surface area contributed by atoms with Crippen LogP contribution in [-0.4, -0.2) is 42.0 Å². The number of urea groups is 1. The first-order valence-electron chi connectivity index (χ1n) is 7.83. The van der Waals surface area contributed by atoms with Crippen molar-refractivity contribution < 1.29 is 9.59 Å². The van der Waals surface area contributed by atoms with Gasteiger partial charge in [-0.2, -0.15) is 0 Å². The summed E-state index contributed by atoms with van der Waals surface area (Å²) in [7, 11) is 0.